The molecule has 1 aromatic carbocycles. The van der Waals surface area contributed by atoms with Gasteiger partial charge < -0.3 is 5.32 Å². The molecule has 1 amide bonds. The molecule has 1 spiro atoms. The Bertz CT molecular complexity index is 423. The van der Waals surface area contributed by atoms with Crippen molar-refractivity contribution in [3.63, 3.8) is 0 Å². The Balaban J connectivity index is 2.22. The van der Waals surface area contributed by atoms with Gasteiger partial charge >= 0.3 is 0 Å². The topological polar surface area (TPSA) is 29.1 Å². The van der Waals surface area contributed by atoms with Crippen LogP contribution in [0.25, 0.3) is 0 Å². The van der Waals surface area contributed by atoms with E-state index in [0.29, 0.717) is 0 Å². The highest BCUT2D eigenvalue weighted by Gasteiger charge is 2.48. The third kappa shape index (κ3) is 1.05. The molecule has 0 unspecified atom stereocenters. The van der Waals surface area contributed by atoms with Crippen molar-refractivity contribution in [2.24, 2.45) is 0 Å². The summed E-state index contributed by atoms with van der Waals surface area (Å²) in [4.78, 5) is 11.6. The third-order valence-electron chi connectivity index (χ3n) is 3.24. The van der Waals surface area contributed by atoms with Crippen LogP contribution in [0.15, 0.2) is 22.7 Å². The second-order valence-electron chi connectivity index (χ2n) is 4.15. The van der Waals surface area contributed by atoms with Crippen LogP contribution < -0.4 is 5.32 Å². The number of carbonyl (C=O) groups excluding carboxylic acids is 1. The second-order valence-corrected chi connectivity index (χ2v) is 5.07. The van der Waals surface area contributed by atoms with E-state index < -0.39 is 0 Å². The van der Waals surface area contributed by atoms with Crippen LogP contribution in [0.3, 0.4) is 0 Å². The monoisotopic (exact) mass is 251 g/mol. The molecule has 3 rings (SSSR count). The van der Waals surface area contributed by atoms with Crippen LogP contribution in [0, 0.1) is 0 Å². The van der Waals surface area contributed by atoms with Gasteiger partial charge in [0.25, 0.3) is 5.91 Å². The molecule has 0 saturated heterocycles. The summed E-state index contributed by atoms with van der Waals surface area (Å²) in [6.45, 7) is 0.815. The van der Waals surface area contributed by atoms with E-state index in [1.54, 1.807) is 0 Å². The Labute approximate surface area is 90.8 Å². The van der Waals surface area contributed by atoms with Crippen LogP contribution in [0.4, 0.5) is 0 Å². The maximum absolute atomic E-state index is 11.6. The first-order chi connectivity index (χ1) is 6.71. The van der Waals surface area contributed by atoms with E-state index in [2.05, 4.69) is 27.3 Å². The van der Waals surface area contributed by atoms with Gasteiger partial charge in [-0.1, -0.05) is 15.9 Å². The Hall–Kier alpha value is -0.830. The van der Waals surface area contributed by atoms with E-state index in [4.69, 9.17) is 0 Å². The maximum Gasteiger partial charge on any atom is 0.251 e. The summed E-state index contributed by atoms with van der Waals surface area (Å²) in [5, 5.41) is 2.96. The Morgan fingerprint density at radius 1 is 1.36 bits per heavy atom. The molecule has 1 N–H and O–H groups in total. The van der Waals surface area contributed by atoms with Gasteiger partial charge in [0, 0.05) is 22.0 Å². The fourth-order valence-corrected chi connectivity index (χ4v) is 2.55. The third-order valence-corrected chi connectivity index (χ3v) is 3.73. The first kappa shape index (κ1) is 8.48. The first-order valence-electron chi connectivity index (χ1n) is 4.80. The van der Waals surface area contributed by atoms with E-state index in [-0.39, 0.29) is 11.3 Å². The number of hydrogen-bond acceptors (Lipinski definition) is 1. The molecule has 1 fully saturated rings. The number of halogens is 1. The van der Waals surface area contributed by atoms with Crippen molar-refractivity contribution in [3.05, 3.63) is 33.8 Å². The van der Waals surface area contributed by atoms with Gasteiger partial charge in [0.15, 0.2) is 0 Å². The van der Waals surface area contributed by atoms with Crippen LogP contribution in [-0.2, 0) is 5.41 Å². The quantitative estimate of drug-likeness (QED) is 0.753. The standard InChI is InChI=1S/C11H10BrNO/c12-7-1-2-8-9(5-7)11(3-4-11)6-13-10(8)14/h1-2,5H,3-4,6H2,(H,13,14). The Kier molecular flexibility index (Phi) is 1.57. The predicted molar refractivity (Wildman–Crippen MR) is 57.4 cm³/mol. The van der Waals surface area contributed by atoms with Crippen molar-refractivity contribution in [2.75, 3.05) is 6.54 Å². The lowest BCUT2D eigenvalue weighted by molar-refractivity contribution is 0.0937. The van der Waals surface area contributed by atoms with Crippen molar-refractivity contribution >= 4 is 21.8 Å². The number of benzene rings is 1. The molecule has 0 radical (unpaired) electrons. The number of carbonyl (C=O) groups is 1. The molecular formula is C11H10BrNO. The van der Waals surface area contributed by atoms with Crippen molar-refractivity contribution in [3.8, 4) is 0 Å². The summed E-state index contributed by atoms with van der Waals surface area (Å²) in [5.41, 5.74) is 2.36. The summed E-state index contributed by atoms with van der Waals surface area (Å²) in [6, 6.07) is 5.94. The Morgan fingerprint density at radius 2 is 2.14 bits per heavy atom. The molecule has 1 aliphatic heterocycles. The summed E-state index contributed by atoms with van der Waals surface area (Å²) in [5.74, 6) is 0.0741. The van der Waals surface area contributed by atoms with Crippen molar-refractivity contribution in [1.29, 1.82) is 0 Å². The fourth-order valence-electron chi connectivity index (χ4n) is 2.19. The zero-order valence-corrected chi connectivity index (χ0v) is 9.23. The van der Waals surface area contributed by atoms with Gasteiger partial charge in [0.1, 0.15) is 0 Å². The molecule has 1 aliphatic carbocycles. The normalized spacial score (nSPS) is 21.6. The highest BCUT2D eigenvalue weighted by Crippen LogP contribution is 2.50. The largest absolute Gasteiger partial charge is 0.351 e. The van der Waals surface area contributed by atoms with Crippen molar-refractivity contribution in [1.82, 2.24) is 5.32 Å². The zero-order valence-electron chi connectivity index (χ0n) is 7.64. The summed E-state index contributed by atoms with van der Waals surface area (Å²) in [6.07, 6.45) is 2.41. The van der Waals surface area contributed by atoms with Gasteiger partial charge in [-0.25, -0.2) is 0 Å². The molecule has 0 atom stereocenters. The molecule has 2 nitrogen and oxygen atoms in total. The molecule has 1 heterocycles. The van der Waals surface area contributed by atoms with Crippen LogP contribution >= 0.6 is 15.9 Å². The molecule has 72 valence electrons. The van der Waals surface area contributed by atoms with Crippen molar-refractivity contribution < 1.29 is 4.79 Å². The molecular weight excluding hydrogens is 242 g/mol. The lowest BCUT2D eigenvalue weighted by atomic mass is 9.88. The van der Waals surface area contributed by atoms with Gasteiger partial charge in [-0.3, -0.25) is 4.79 Å². The zero-order chi connectivity index (χ0) is 9.76. The minimum Gasteiger partial charge on any atom is -0.351 e. The maximum atomic E-state index is 11.6. The summed E-state index contributed by atoms with van der Waals surface area (Å²) >= 11 is 3.46. The fraction of sp³-hybridized carbons (Fsp3) is 0.364. The van der Waals surface area contributed by atoms with E-state index in [1.165, 1.54) is 18.4 Å². The highest BCUT2D eigenvalue weighted by atomic mass is 79.9. The highest BCUT2D eigenvalue weighted by molar-refractivity contribution is 9.10. The minimum absolute atomic E-state index is 0.0741. The molecule has 1 saturated carbocycles. The minimum atomic E-state index is 0.0741. The smallest absolute Gasteiger partial charge is 0.251 e. The Morgan fingerprint density at radius 3 is 2.86 bits per heavy atom. The van der Waals surface area contributed by atoms with E-state index in [0.717, 1.165) is 16.6 Å². The lowest BCUT2D eigenvalue weighted by Gasteiger charge is -2.25. The van der Waals surface area contributed by atoms with Gasteiger partial charge in [0.2, 0.25) is 0 Å². The first-order valence-corrected chi connectivity index (χ1v) is 5.59. The molecule has 14 heavy (non-hydrogen) atoms. The molecule has 0 aromatic heterocycles. The average molecular weight is 252 g/mol. The van der Waals surface area contributed by atoms with E-state index in [9.17, 15) is 4.79 Å². The van der Waals surface area contributed by atoms with E-state index >= 15 is 0 Å². The number of nitrogens with one attached hydrogen (secondary N) is 1. The van der Waals surface area contributed by atoms with Gasteiger partial charge in [-0.2, -0.15) is 0 Å². The number of rotatable bonds is 0. The number of amides is 1. The van der Waals surface area contributed by atoms with Crippen LogP contribution in [-0.4, -0.2) is 12.5 Å². The molecule has 0 bridgehead atoms. The van der Waals surface area contributed by atoms with Gasteiger partial charge in [-0.15, -0.1) is 0 Å². The van der Waals surface area contributed by atoms with E-state index in [1.807, 2.05) is 12.1 Å². The van der Waals surface area contributed by atoms with Gasteiger partial charge in [0.05, 0.1) is 0 Å². The summed E-state index contributed by atoms with van der Waals surface area (Å²) < 4.78 is 1.07. The van der Waals surface area contributed by atoms with Crippen LogP contribution in [0.2, 0.25) is 0 Å². The SMILES string of the molecule is O=C1NCC2(CC2)c2cc(Br)ccc21. The lowest BCUT2D eigenvalue weighted by Crippen LogP contribution is -2.39. The molecule has 1 aromatic rings. The van der Waals surface area contributed by atoms with Crippen molar-refractivity contribution in [2.45, 2.75) is 18.3 Å². The molecule has 2 aliphatic rings. The van der Waals surface area contributed by atoms with Crippen LogP contribution in [0.1, 0.15) is 28.8 Å². The summed E-state index contributed by atoms with van der Waals surface area (Å²) in [7, 11) is 0. The number of fused-ring (bicyclic) bond motifs is 2. The van der Waals surface area contributed by atoms with Crippen LogP contribution in [0.5, 0.6) is 0 Å². The molecule has 3 heteroatoms. The second kappa shape index (κ2) is 2.60. The van der Waals surface area contributed by atoms with Gasteiger partial charge in [-0.05, 0) is 36.6 Å². The predicted octanol–water partition coefficient (Wildman–Crippen LogP) is 2.22. The average Bonchev–Trinajstić information content (AvgIpc) is 2.93. The number of hydrogen-bond donors (Lipinski definition) is 1.